The fraction of sp³-hybridized carbons (Fsp3) is 0.273. The second-order valence-electron chi connectivity index (χ2n) is 3.48. The molecule has 1 amide bonds. The zero-order valence-electron chi connectivity index (χ0n) is 8.77. The van der Waals surface area contributed by atoms with Gasteiger partial charge in [0.1, 0.15) is 5.75 Å². The number of hydrazone groups is 1. The van der Waals surface area contributed by atoms with Gasteiger partial charge in [0.05, 0.1) is 6.21 Å². The number of rotatable bonds is 3. The summed E-state index contributed by atoms with van der Waals surface area (Å²) in [5, 5.41) is 12.8. The molecule has 80 valence electrons. The Morgan fingerprint density at radius 2 is 2.00 bits per heavy atom. The van der Waals surface area contributed by atoms with E-state index in [0.717, 1.165) is 5.56 Å². The van der Waals surface area contributed by atoms with Crippen LogP contribution in [0.4, 0.5) is 0 Å². The highest BCUT2D eigenvalue weighted by Crippen LogP contribution is 2.07. The van der Waals surface area contributed by atoms with Crippen LogP contribution in [0.25, 0.3) is 0 Å². The lowest BCUT2D eigenvalue weighted by molar-refractivity contribution is -0.123. The minimum atomic E-state index is -0.120. The van der Waals surface area contributed by atoms with Crippen LogP contribution in [0, 0.1) is 5.92 Å². The van der Waals surface area contributed by atoms with Gasteiger partial charge < -0.3 is 5.11 Å². The molecule has 0 atom stereocenters. The van der Waals surface area contributed by atoms with Crippen LogP contribution in [0.15, 0.2) is 29.4 Å². The topological polar surface area (TPSA) is 61.7 Å². The number of nitrogens with one attached hydrogen (secondary N) is 1. The predicted molar refractivity (Wildman–Crippen MR) is 58.7 cm³/mol. The van der Waals surface area contributed by atoms with E-state index in [1.807, 2.05) is 0 Å². The van der Waals surface area contributed by atoms with Crippen molar-refractivity contribution in [1.82, 2.24) is 5.43 Å². The average molecular weight is 206 g/mol. The molecule has 1 aromatic carbocycles. The third kappa shape index (κ3) is 3.81. The molecule has 15 heavy (non-hydrogen) atoms. The number of carbonyl (C=O) groups excluding carboxylic acids is 1. The molecule has 2 N–H and O–H groups in total. The highest BCUT2D eigenvalue weighted by atomic mass is 16.3. The molecular formula is C11H14N2O2. The van der Waals surface area contributed by atoms with Gasteiger partial charge in [-0.1, -0.05) is 13.8 Å². The second-order valence-corrected chi connectivity index (χ2v) is 3.48. The van der Waals surface area contributed by atoms with Gasteiger partial charge in [-0.25, -0.2) is 5.43 Å². The van der Waals surface area contributed by atoms with Gasteiger partial charge in [0.25, 0.3) is 0 Å². The zero-order valence-corrected chi connectivity index (χ0v) is 8.77. The lowest BCUT2D eigenvalue weighted by Gasteiger charge is -2.01. The van der Waals surface area contributed by atoms with E-state index < -0.39 is 0 Å². The Balaban J connectivity index is 2.51. The van der Waals surface area contributed by atoms with Gasteiger partial charge >= 0.3 is 0 Å². The van der Waals surface area contributed by atoms with Gasteiger partial charge in [-0.3, -0.25) is 4.79 Å². The molecule has 0 fully saturated rings. The molecule has 0 aromatic heterocycles. The molecule has 0 aliphatic heterocycles. The van der Waals surface area contributed by atoms with Crippen LogP contribution in [-0.4, -0.2) is 17.2 Å². The largest absolute Gasteiger partial charge is 0.508 e. The smallest absolute Gasteiger partial charge is 0.242 e. The number of phenols is 1. The quantitative estimate of drug-likeness (QED) is 0.581. The molecule has 1 rings (SSSR count). The maximum absolute atomic E-state index is 11.1. The highest BCUT2D eigenvalue weighted by Gasteiger charge is 2.03. The average Bonchev–Trinajstić information content (AvgIpc) is 2.20. The first kappa shape index (κ1) is 11.2. The minimum absolute atomic E-state index is 0.0815. The molecule has 0 saturated carbocycles. The lowest BCUT2D eigenvalue weighted by Crippen LogP contribution is -2.22. The van der Waals surface area contributed by atoms with Crippen molar-refractivity contribution in [3.8, 4) is 5.75 Å². The molecule has 0 radical (unpaired) electrons. The van der Waals surface area contributed by atoms with Crippen LogP contribution in [0.2, 0.25) is 0 Å². The molecule has 0 saturated heterocycles. The molecular weight excluding hydrogens is 192 g/mol. The standard InChI is InChI=1S/C11H14N2O2/c1-8(2)11(15)13-12-7-9-3-5-10(14)6-4-9/h3-8,14H,1-2H3,(H,13,15)/b12-7-. The van der Waals surface area contributed by atoms with Gasteiger partial charge in [-0.2, -0.15) is 5.10 Å². The lowest BCUT2D eigenvalue weighted by atomic mass is 10.2. The molecule has 0 unspecified atom stereocenters. The number of carbonyl (C=O) groups is 1. The van der Waals surface area contributed by atoms with Crippen molar-refractivity contribution in [2.45, 2.75) is 13.8 Å². The van der Waals surface area contributed by atoms with Gasteiger partial charge in [0, 0.05) is 5.92 Å². The summed E-state index contributed by atoms with van der Waals surface area (Å²) in [6.07, 6.45) is 1.53. The van der Waals surface area contributed by atoms with Crippen LogP contribution in [0.3, 0.4) is 0 Å². The highest BCUT2D eigenvalue weighted by molar-refractivity contribution is 5.83. The summed E-state index contributed by atoms with van der Waals surface area (Å²) in [7, 11) is 0. The summed E-state index contributed by atoms with van der Waals surface area (Å²) >= 11 is 0. The number of nitrogens with zero attached hydrogens (tertiary/aromatic N) is 1. The van der Waals surface area contributed by atoms with E-state index in [1.54, 1.807) is 38.1 Å². The number of hydrogen-bond acceptors (Lipinski definition) is 3. The van der Waals surface area contributed by atoms with Crippen molar-refractivity contribution in [2.75, 3.05) is 0 Å². The summed E-state index contributed by atoms with van der Waals surface area (Å²) in [5.41, 5.74) is 3.23. The monoisotopic (exact) mass is 206 g/mol. The molecule has 4 nitrogen and oxygen atoms in total. The summed E-state index contributed by atoms with van der Waals surface area (Å²) in [6.45, 7) is 3.59. The van der Waals surface area contributed by atoms with Crippen LogP contribution < -0.4 is 5.43 Å². The third-order valence-corrected chi connectivity index (χ3v) is 1.81. The van der Waals surface area contributed by atoms with Gasteiger partial charge in [-0.15, -0.1) is 0 Å². The first-order chi connectivity index (χ1) is 7.09. The molecule has 0 spiro atoms. The number of amides is 1. The Labute approximate surface area is 88.6 Å². The number of phenolic OH excluding ortho intramolecular Hbond substituents is 1. The Morgan fingerprint density at radius 1 is 1.40 bits per heavy atom. The van der Waals surface area contributed by atoms with Crippen molar-refractivity contribution in [1.29, 1.82) is 0 Å². The van der Waals surface area contributed by atoms with E-state index in [9.17, 15) is 4.79 Å². The summed E-state index contributed by atoms with van der Waals surface area (Å²) in [4.78, 5) is 11.1. The predicted octanol–water partition coefficient (Wildman–Crippen LogP) is 1.50. The molecule has 0 heterocycles. The third-order valence-electron chi connectivity index (χ3n) is 1.81. The van der Waals surface area contributed by atoms with E-state index in [4.69, 9.17) is 5.11 Å². The maximum atomic E-state index is 11.1. The fourth-order valence-electron chi connectivity index (χ4n) is 0.860. The first-order valence-electron chi connectivity index (χ1n) is 4.71. The SMILES string of the molecule is CC(C)C(=O)N/N=C\c1ccc(O)cc1. The zero-order chi connectivity index (χ0) is 11.3. The van der Waals surface area contributed by atoms with Crippen molar-refractivity contribution in [3.63, 3.8) is 0 Å². The van der Waals surface area contributed by atoms with Gasteiger partial charge in [0.2, 0.25) is 5.91 Å². The van der Waals surface area contributed by atoms with Crippen LogP contribution in [0.1, 0.15) is 19.4 Å². The van der Waals surface area contributed by atoms with Crippen molar-refractivity contribution >= 4 is 12.1 Å². The number of hydrogen-bond donors (Lipinski definition) is 2. The molecule has 4 heteroatoms. The van der Waals surface area contributed by atoms with Crippen LogP contribution in [-0.2, 0) is 4.79 Å². The van der Waals surface area contributed by atoms with Crippen molar-refractivity contribution in [3.05, 3.63) is 29.8 Å². The van der Waals surface area contributed by atoms with E-state index in [2.05, 4.69) is 10.5 Å². The summed E-state index contributed by atoms with van der Waals surface area (Å²) in [5.74, 6) is 0.00496. The Kier molecular flexibility index (Phi) is 3.85. The van der Waals surface area contributed by atoms with Crippen molar-refractivity contribution in [2.24, 2.45) is 11.0 Å². The second kappa shape index (κ2) is 5.14. The van der Waals surface area contributed by atoms with Crippen LogP contribution >= 0.6 is 0 Å². The van der Waals surface area contributed by atoms with Crippen molar-refractivity contribution < 1.29 is 9.90 Å². The van der Waals surface area contributed by atoms with Gasteiger partial charge in [-0.05, 0) is 29.8 Å². The number of aromatic hydroxyl groups is 1. The van der Waals surface area contributed by atoms with Crippen LogP contribution in [0.5, 0.6) is 5.75 Å². The molecule has 1 aromatic rings. The van der Waals surface area contributed by atoms with E-state index in [1.165, 1.54) is 6.21 Å². The van der Waals surface area contributed by atoms with E-state index in [0.29, 0.717) is 0 Å². The Morgan fingerprint density at radius 3 is 2.53 bits per heavy atom. The Hall–Kier alpha value is -1.84. The summed E-state index contributed by atoms with van der Waals surface area (Å²) < 4.78 is 0. The number of benzene rings is 1. The van der Waals surface area contributed by atoms with E-state index >= 15 is 0 Å². The van der Waals surface area contributed by atoms with Gasteiger partial charge in [0.15, 0.2) is 0 Å². The fourth-order valence-corrected chi connectivity index (χ4v) is 0.860. The Bertz CT molecular complexity index is 355. The maximum Gasteiger partial charge on any atom is 0.242 e. The molecule has 0 aliphatic carbocycles. The first-order valence-corrected chi connectivity index (χ1v) is 4.71. The van der Waals surface area contributed by atoms with E-state index in [-0.39, 0.29) is 17.6 Å². The normalized spacial score (nSPS) is 10.9. The summed E-state index contributed by atoms with van der Waals surface area (Å²) in [6, 6.07) is 6.54. The molecule has 0 bridgehead atoms. The minimum Gasteiger partial charge on any atom is -0.508 e. The molecule has 0 aliphatic rings.